The minimum Gasteiger partial charge on any atom is -0.406 e. The molecule has 1 fully saturated rings. The van der Waals surface area contributed by atoms with Crippen LogP contribution in [-0.4, -0.2) is 68.5 Å². The van der Waals surface area contributed by atoms with Gasteiger partial charge in [0.2, 0.25) is 10.0 Å². The Labute approximate surface area is 251 Å². The molecule has 3 aromatic rings. The fraction of sp³-hybridized carbons (Fsp3) is 0.464. The highest BCUT2D eigenvalue weighted by molar-refractivity contribution is 7.89. The highest BCUT2D eigenvalue weighted by Crippen LogP contribution is 2.35. The summed E-state index contributed by atoms with van der Waals surface area (Å²) in [5, 5.41) is 18.5. The molecule has 11 nitrogen and oxygen atoms in total. The van der Waals surface area contributed by atoms with Crippen LogP contribution >= 0.6 is 0 Å². The standard InChI is InChI=1S/C28H31F4N7O4S/c1-17(2)44(41,42)39-14-21(15-39)18-9-19-10-22(34-35-25(19)12-18)5-3-4-8-38-16-26(36-37-38)27(40)33-13-20-11-23(6-7-24(20)29)43-28(30,31)32/h6-7,9-11,16-17,21H,3-5,8,12-15H2,1-2H3,(H,33,40). The molecular weight excluding hydrogens is 606 g/mol. The van der Waals surface area contributed by atoms with Gasteiger partial charge in [0.25, 0.3) is 5.91 Å². The number of hydrogen-bond donors (Lipinski definition) is 1. The second-order valence-corrected chi connectivity index (χ2v) is 13.5. The van der Waals surface area contributed by atoms with Crippen LogP contribution in [0.25, 0.3) is 6.08 Å². The van der Waals surface area contributed by atoms with Crippen LogP contribution in [0.5, 0.6) is 5.75 Å². The Morgan fingerprint density at radius 3 is 2.64 bits per heavy atom. The topological polar surface area (TPSA) is 132 Å². The number of halogens is 4. The minimum absolute atomic E-state index is 0.0171. The third-order valence-corrected chi connectivity index (χ3v) is 9.74. The number of rotatable bonds is 12. The number of benzene rings is 1. The molecule has 0 atom stereocenters. The van der Waals surface area contributed by atoms with Crippen molar-refractivity contribution in [3.05, 3.63) is 70.1 Å². The molecule has 1 aromatic carbocycles. The molecule has 0 radical (unpaired) electrons. The number of sulfonamides is 1. The number of carbonyl (C=O) groups excluding carboxylic acids is 1. The number of nitrogens with one attached hydrogen (secondary N) is 1. The lowest BCUT2D eigenvalue weighted by Gasteiger charge is -2.40. The summed E-state index contributed by atoms with van der Waals surface area (Å²) in [6, 6.07) is 4.55. The third-order valence-electron chi connectivity index (χ3n) is 7.53. The number of amides is 1. The average molecular weight is 638 g/mol. The van der Waals surface area contributed by atoms with E-state index in [2.05, 4.69) is 36.6 Å². The lowest BCUT2D eigenvalue weighted by atomic mass is 9.92. The van der Waals surface area contributed by atoms with E-state index >= 15 is 0 Å². The summed E-state index contributed by atoms with van der Waals surface area (Å²) in [6.45, 7) is 4.48. The van der Waals surface area contributed by atoms with Gasteiger partial charge in [-0.1, -0.05) is 16.9 Å². The van der Waals surface area contributed by atoms with Crippen molar-refractivity contribution in [1.82, 2.24) is 34.8 Å². The molecule has 1 aliphatic heterocycles. The number of nitrogens with zero attached hydrogens (tertiary/aromatic N) is 6. The van der Waals surface area contributed by atoms with Gasteiger partial charge in [-0.3, -0.25) is 9.48 Å². The van der Waals surface area contributed by atoms with Crippen molar-refractivity contribution in [3.63, 3.8) is 0 Å². The molecular formula is C28H31F4N7O4S. The molecule has 1 N–H and O–H groups in total. The quantitative estimate of drug-likeness (QED) is 0.235. The number of aryl methyl sites for hydroxylation is 2. The first kappa shape index (κ1) is 31.5. The highest BCUT2D eigenvalue weighted by atomic mass is 32.2. The van der Waals surface area contributed by atoms with Gasteiger partial charge in [0.05, 0.1) is 22.8 Å². The van der Waals surface area contributed by atoms with E-state index in [-0.39, 0.29) is 23.7 Å². The second kappa shape index (κ2) is 12.6. The number of unbranched alkanes of at least 4 members (excludes halogenated alkanes) is 1. The van der Waals surface area contributed by atoms with Crippen LogP contribution in [0.1, 0.15) is 59.7 Å². The lowest BCUT2D eigenvalue weighted by Crippen LogP contribution is -2.52. The zero-order chi connectivity index (χ0) is 31.6. The van der Waals surface area contributed by atoms with Crippen molar-refractivity contribution < 1.29 is 35.5 Å². The van der Waals surface area contributed by atoms with E-state index in [4.69, 9.17) is 0 Å². The summed E-state index contributed by atoms with van der Waals surface area (Å²) in [4.78, 5) is 12.4. The Morgan fingerprint density at radius 2 is 1.91 bits per heavy atom. The molecule has 3 heterocycles. The Hall–Kier alpha value is -3.92. The molecule has 1 aliphatic carbocycles. The average Bonchev–Trinajstić information content (AvgIpc) is 3.56. The van der Waals surface area contributed by atoms with E-state index in [0.717, 1.165) is 41.6 Å². The minimum atomic E-state index is -4.92. The zero-order valence-corrected chi connectivity index (χ0v) is 24.8. The Balaban J connectivity index is 1.06. The van der Waals surface area contributed by atoms with Gasteiger partial charge in [0.15, 0.2) is 5.69 Å². The first-order valence-corrected chi connectivity index (χ1v) is 15.6. The number of fused-ring (bicyclic) bond motifs is 1. The monoisotopic (exact) mass is 637 g/mol. The molecule has 2 aromatic heterocycles. The number of carbonyl (C=O) groups is 1. The zero-order valence-electron chi connectivity index (χ0n) is 24.0. The van der Waals surface area contributed by atoms with Gasteiger partial charge in [-0.05, 0) is 62.9 Å². The van der Waals surface area contributed by atoms with Crippen molar-refractivity contribution in [2.45, 2.75) is 64.2 Å². The van der Waals surface area contributed by atoms with Gasteiger partial charge in [0.1, 0.15) is 11.6 Å². The van der Waals surface area contributed by atoms with Crippen LogP contribution < -0.4 is 10.1 Å². The van der Waals surface area contributed by atoms with E-state index in [1.54, 1.807) is 13.8 Å². The van der Waals surface area contributed by atoms with E-state index in [9.17, 15) is 30.8 Å². The van der Waals surface area contributed by atoms with Crippen LogP contribution in [-0.2, 0) is 36.0 Å². The van der Waals surface area contributed by atoms with E-state index in [0.29, 0.717) is 38.9 Å². The number of alkyl halides is 3. The smallest absolute Gasteiger partial charge is 0.406 e. The molecule has 0 unspecified atom stereocenters. The van der Waals surface area contributed by atoms with Gasteiger partial charge in [-0.25, -0.2) is 17.1 Å². The largest absolute Gasteiger partial charge is 0.573 e. The summed E-state index contributed by atoms with van der Waals surface area (Å²) < 4.78 is 82.8. The molecule has 1 amide bonds. The molecule has 1 saturated heterocycles. The van der Waals surface area contributed by atoms with E-state index < -0.39 is 39.1 Å². The Kier molecular flexibility index (Phi) is 9.02. The number of ether oxygens (including phenoxy) is 1. The molecule has 0 spiro atoms. The van der Waals surface area contributed by atoms with Crippen molar-refractivity contribution >= 4 is 22.0 Å². The third kappa shape index (κ3) is 7.41. The molecule has 0 saturated carbocycles. The number of hydrogen-bond acceptors (Lipinski definition) is 8. The summed E-state index contributed by atoms with van der Waals surface area (Å²) in [7, 11) is -3.23. The van der Waals surface area contributed by atoms with Crippen LogP contribution in [0.15, 0.2) is 36.0 Å². The van der Waals surface area contributed by atoms with Crippen molar-refractivity contribution in [2.75, 3.05) is 13.1 Å². The maximum atomic E-state index is 14.0. The first-order chi connectivity index (χ1) is 20.8. The maximum Gasteiger partial charge on any atom is 0.573 e. The molecule has 236 valence electrons. The Bertz CT molecular complexity index is 1670. The lowest BCUT2D eigenvalue weighted by molar-refractivity contribution is -0.274. The SMILES string of the molecule is CC(C)S(=O)(=O)N1CC(C2=Cc3cc(CCCCn4cc(C(=O)NCc5cc(OC(F)(F)F)ccc5F)nn4)nnc3C2)C1. The summed E-state index contributed by atoms with van der Waals surface area (Å²) >= 11 is 0. The van der Waals surface area contributed by atoms with Gasteiger partial charge < -0.3 is 10.1 Å². The predicted molar refractivity (Wildman–Crippen MR) is 150 cm³/mol. The van der Waals surface area contributed by atoms with Gasteiger partial charge >= 0.3 is 6.36 Å². The van der Waals surface area contributed by atoms with Crippen molar-refractivity contribution in [1.29, 1.82) is 0 Å². The van der Waals surface area contributed by atoms with Crippen LogP contribution in [0, 0.1) is 11.7 Å². The summed E-state index contributed by atoms with van der Waals surface area (Å²) in [6.07, 6.45) is 1.45. The van der Waals surface area contributed by atoms with E-state index in [1.807, 2.05) is 6.07 Å². The van der Waals surface area contributed by atoms with Crippen LogP contribution in [0.4, 0.5) is 17.6 Å². The Morgan fingerprint density at radius 1 is 1.14 bits per heavy atom. The number of aromatic nitrogens is 5. The second-order valence-electron chi connectivity index (χ2n) is 11.0. The summed E-state index contributed by atoms with van der Waals surface area (Å²) in [5.41, 5.74) is 3.74. The normalized spacial score (nSPS) is 15.7. The van der Waals surface area contributed by atoms with Gasteiger partial charge in [-0.2, -0.15) is 10.2 Å². The molecule has 0 bridgehead atoms. The van der Waals surface area contributed by atoms with Crippen molar-refractivity contribution in [2.24, 2.45) is 5.92 Å². The van der Waals surface area contributed by atoms with Gasteiger partial charge in [0, 0.05) is 44.1 Å². The highest BCUT2D eigenvalue weighted by Gasteiger charge is 2.40. The molecule has 44 heavy (non-hydrogen) atoms. The first-order valence-electron chi connectivity index (χ1n) is 14.1. The van der Waals surface area contributed by atoms with Crippen LogP contribution in [0.3, 0.4) is 0 Å². The fourth-order valence-corrected chi connectivity index (χ4v) is 6.36. The maximum absolute atomic E-state index is 14.0. The molecule has 16 heteroatoms. The fourth-order valence-electron chi connectivity index (χ4n) is 4.98. The van der Waals surface area contributed by atoms with E-state index in [1.165, 1.54) is 20.8 Å². The molecule has 5 rings (SSSR count). The predicted octanol–water partition coefficient (Wildman–Crippen LogP) is 3.67. The summed E-state index contributed by atoms with van der Waals surface area (Å²) in [5.74, 6) is -1.85. The van der Waals surface area contributed by atoms with Gasteiger partial charge in [-0.15, -0.1) is 18.3 Å². The van der Waals surface area contributed by atoms with Crippen LogP contribution in [0.2, 0.25) is 0 Å². The molecule has 2 aliphatic rings. The van der Waals surface area contributed by atoms with Crippen molar-refractivity contribution in [3.8, 4) is 5.75 Å².